The molecule has 2 N–H and O–H groups in total. The van der Waals surface area contributed by atoms with Crippen LogP contribution in [0.2, 0.25) is 0 Å². The summed E-state index contributed by atoms with van der Waals surface area (Å²) in [6.07, 6.45) is 2.13. The van der Waals surface area contributed by atoms with Crippen LogP contribution in [0.3, 0.4) is 0 Å². The van der Waals surface area contributed by atoms with Gasteiger partial charge in [0.1, 0.15) is 5.82 Å². The Labute approximate surface area is 148 Å². The van der Waals surface area contributed by atoms with Crippen LogP contribution in [-0.4, -0.2) is 47.2 Å². The second-order valence-electron chi connectivity index (χ2n) is 6.42. The van der Waals surface area contributed by atoms with Crippen molar-refractivity contribution in [1.82, 2.24) is 20.4 Å². The largest absolute Gasteiger partial charge is 0.366 e. The third kappa shape index (κ3) is 4.33. The van der Waals surface area contributed by atoms with Gasteiger partial charge in [-0.1, -0.05) is 30.3 Å². The van der Waals surface area contributed by atoms with Gasteiger partial charge in [0.2, 0.25) is 0 Å². The van der Waals surface area contributed by atoms with Crippen molar-refractivity contribution in [2.24, 2.45) is 0 Å². The highest BCUT2D eigenvalue weighted by atomic mass is 16.1. The molecule has 1 aromatic heterocycles. The van der Waals surface area contributed by atoms with Crippen molar-refractivity contribution in [3.8, 4) is 0 Å². The van der Waals surface area contributed by atoms with Crippen LogP contribution >= 0.6 is 0 Å². The summed E-state index contributed by atoms with van der Waals surface area (Å²) < 4.78 is 0. The molecular formula is C19H25N5O. The second-order valence-corrected chi connectivity index (χ2v) is 6.42. The fourth-order valence-electron chi connectivity index (χ4n) is 3.24. The van der Waals surface area contributed by atoms with Crippen LogP contribution in [0, 0.1) is 0 Å². The molecule has 132 valence electrons. The first-order chi connectivity index (χ1) is 12.2. The molecule has 1 aromatic carbocycles. The molecule has 1 aliphatic heterocycles. The number of likely N-dealkylation sites (tertiary alicyclic amines) is 1. The molecule has 6 nitrogen and oxygen atoms in total. The molecule has 2 aromatic rings. The van der Waals surface area contributed by atoms with Crippen LogP contribution in [0.4, 0.5) is 5.82 Å². The minimum absolute atomic E-state index is 0.220. The van der Waals surface area contributed by atoms with Crippen molar-refractivity contribution in [1.29, 1.82) is 0 Å². The number of nitrogens with one attached hydrogen (secondary N) is 2. The lowest BCUT2D eigenvalue weighted by Crippen LogP contribution is -2.40. The number of rotatable bonds is 5. The number of anilines is 1. The third-order valence-corrected chi connectivity index (χ3v) is 4.84. The molecule has 1 amide bonds. The van der Waals surface area contributed by atoms with E-state index in [0.717, 1.165) is 31.7 Å². The van der Waals surface area contributed by atoms with Gasteiger partial charge in [0.25, 0.3) is 5.91 Å². The van der Waals surface area contributed by atoms with Gasteiger partial charge in [0.05, 0.1) is 0 Å². The summed E-state index contributed by atoms with van der Waals surface area (Å²) in [7, 11) is 1.58. The van der Waals surface area contributed by atoms with E-state index in [1.54, 1.807) is 13.1 Å². The first-order valence-electron chi connectivity index (χ1n) is 8.78. The van der Waals surface area contributed by atoms with Gasteiger partial charge < -0.3 is 10.6 Å². The lowest BCUT2D eigenvalue weighted by molar-refractivity contribution is 0.0957. The Morgan fingerprint density at radius 3 is 2.44 bits per heavy atom. The summed E-state index contributed by atoms with van der Waals surface area (Å²) in [5.74, 6) is 0.504. The standard InChI is InChI=1S/C19H25N5O/c1-14(15-6-4-3-5-7-15)24-12-10-16(11-13-24)21-18-9-8-17(22-23-18)19(25)20-2/h3-9,14,16H,10-13H2,1-2H3,(H,20,25)(H,21,23). The van der Waals surface area contributed by atoms with E-state index in [-0.39, 0.29) is 5.91 Å². The molecule has 6 heteroatoms. The first-order valence-corrected chi connectivity index (χ1v) is 8.78. The fraction of sp³-hybridized carbons (Fsp3) is 0.421. The first kappa shape index (κ1) is 17.4. The summed E-state index contributed by atoms with van der Waals surface area (Å²) in [5, 5.41) is 14.0. The minimum atomic E-state index is -0.220. The number of nitrogens with zero attached hydrogens (tertiary/aromatic N) is 3. The summed E-state index contributed by atoms with van der Waals surface area (Å²) in [6, 6.07) is 15.0. The number of aromatic nitrogens is 2. The van der Waals surface area contributed by atoms with Crippen molar-refractivity contribution >= 4 is 11.7 Å². The van der Waals surface area contributed by atoms with Crippen LogP contribution < -0.4 is 10.6 Å². The van der Waals surface area contributed by atoms with Crippen LogP contribution in [0.25, 0.3) is 0 Å². The number of hydrogen-bond donors (Lipinski definition) is 2. The molecule has 1 fully saturated rings. The van der Waals surface area contributed by atoms with Gasteiger partial charge in [0.15, 0.2) is 5.69 Å². The van der Waals surface area contributed by atoms with E-state index < -0.39 is 0 Å². The number of carbonyl (C=O) groups excluding carboxylic acids is 1. The van der Waals surface area contributed by atoms with Crippen molar-refractivity contribution < 1.29 is 4.79 Å². The molecule has 0 bridgehead atoms. The van der Waals surface area contributed by atoms with Crippen molar-refractivity contribution in [2.45, 2.75) is 31.8 Å². The number of hydrogen-bond acceptors (Lipinski definition) is 5. The number of piperidine rings is 1. The van der Waals surface area contributed by atoms with Crippen LogP contribution in [-0.2, 0) is 0 Å². The lowest BCUT2D eigenvalue weighted by atomic mass is 10.0. The Hall–Kier alpha value is -2.47. The van der Waals surface area contributed by atoms with Crippen molar-refractivity contribution in [3.05, 3.63) is 53.7 Å². The zero-order chi connectivity index (χ0) is 17.6. The van der Waals surface area contributed by atoms with E-state index in [0.29, 0.717) is 17.8 Å². The van der Waals surface area contributed by atoms with E-state index >= 15 is 0 Å². The fourth-order valence-corrected chi connectivity index (χ4v) is 3.24. The molecular weight excluding hydrogens is 314 g/mol. The Balaban J connectivity index is 1.52. The number of carbonyl (C=O) groups is 1. The number of amides is 1. The average Bonchev–Trinajstić information content (AvgIpc) is 2.68. The number of benzene rings is 1. The third-order valence-electron chi connectivity index (χ3n) is 4.84. The Morgan fingerprint density at radius 2 is 1.84 bits per heavy atom. The van der Waals surface area contributed by atoms with E-state index in [1.807, 2.05) is 6.07 Å². The second kappa shape index (κ2) is 8.07. The average molecular weight is 339 g/mol. The highest BCUT2D eigenvalue weighted by Gasteiger charge is 2.23. The van der Waals surface area contributed by atoms with E-state index in [9.17, 15) is 4.79 Å². The molecule has 0 saturated carbocycles. The van der Waals surface area contributed by atoms with Crippen LogP contribution in [0.5, 0.6) is 0 Å². The summed E-state index contributed by atoms with van der Waals surface area (Å²) in [4.78, 5) is 14.0. The van der Waals surface area contributed by atoms with E-state index in [4.69, 9.17) is 0 Å². The van der Waals surface area contributed by atoms with Gasteiger partial charge in [-0.05, 0) is 37.5 Å². The van der Waals surface area contributed by atoms with Crippen LogP contribution in [0.1, 0.15) is 41.9 Å². The quantitative estimate of drug-likeness (QED) is 0.876. The van der Waals surface area contributed by atoms with E-state index in [2.05, 4.69) is 63.0 Å². The van der Waals surface area contributed by atoms with E-state index in [1.165, 1.54) is 5.56 Å². The topological polar surface area (TPSA) is 70.2 Å². The zero-order valence-corrected chi connectivity index (χ0v) is 14.8. The van der Waals surface area contributed by atoms with Gasteiger partial charge in [-0.15, -0.1) is 10.2 Å². The van der Waals surface area contributed by atoms with Gasteiger partial charge >= 0.3 is 0 Å². The summed E-state index contributed by atoms with van der Waals surface area (Å²) in [6.45, 7) is 4.38. The van der Waals surface area contributed by atoms with Gasteiger partial charge in [-0.3, -0.25) is 9.69 Å². The predicted molar refractivity (Wildman–Crippen MR) is 98.5 cm³/mol. The maximum absolute atomic E-state index is 11.5. The molecule has 1 saturated heterocycles. The smallest absolute Gasteiger partial charge is 0.271 e. The van der Waals surface area contributed by atoms with Crippen LogP contribution in [0.15, 0.2) is 42.5 Å². The zero-order valence-electron chi connectivity index (χ0n) is 14.8. The lowest BCUT2D eigenvalue weighted by Gasteiger charge is -2.36. The molecule has 0 spiro atoms. The molecule has 0 aliphatic carbocycles. The predicted octanol–water partition coefficient (Wildman–Crippen LogP) is 2.47. The molecule has 1 aliphatic rings. The van der Waals surface area contributed by atoms with Gasteiger partial charge in [-0.25, -0.2) is 0 Å². The van der Waals surface area contributed by atoms with Crippen molar-refractivity contribution in [2.75, 3.05) is 25.5 Å². The SMILES string of the molecule is CNC(=O)c1ccc(NC2CCN(C(C)c3ccccc3)CC2)nn1. The molecule has 1 atom stereocenters. The molecule has 0 radical (unpaired) electrons. The molecule has 3 rings (SSSR count). The van der Waals surface area contributed by atoms with Crippen molar-refractivity contribution in [3.63, 3.8) is 0 Å². The molecule has 1 unspecified atom stereocenters. The highest BCUT2D eigenvalue weighted by molar-refractivity contribution is 5.91. The Kier molecular flexibility index (Phi) is 5.60. The summed E-state index contributed by atoms with van der Waals surface area (Å²) >= 11 is 0. The Bertz CT molecular complexity index is 681. The maximum Gasteiger partial charge on any atom is 0.271 e. The monoisotopic (exact) mass is 339 g/mol. The summed E-state index contributed by atoms with van der Waals surface area (Å²) in [5.41, 5.74) is 1.70. The molecule has 2 heterocycles. The van der Waals surface area contributed by atoms with Gasteiger partial charge in [0, 0.05) is 32.2 Å². The molecule has 25 heavy (non-hydrogen) atoms. The normalized spacial score (nSPS) is 17.0. The highest BCUT2D eigenvalue weighted by Crippen LogP contribution is 2.25. The van der Waals surface area contributed by atoms with Gasteiger partial charge in [-0.2, -0.15) is 0 Å². The minimum Gasteiger partial charge on any atom is -0.366 e. The Morgan fingerprint density at radius 1 is 1.12 bits per heavy atom. The maximum atomic E-state index is 11.5.